The summed E-state index contributed by atoms with van der Waals surface area (Å²) in [6, 6.07) is 0. The van der Waals surface area contributed by atoms with E-state index in [0.717, 1.165) is 0 Å². The van der Waals surface area contributed by atoms with Gasteiger partial charge in [0.25, 0.3) is 0 Å². The van der Waals surface area contributed by atoms with Gasteiger partial charge in [-0.05, 0) is 23.5 Å². The lowest BCUT2D eigenvalue weighted by Crippen LogP contribution is -2.10. The standard InChI is InChI=1S/C2H3N9/c1-2(6-9-3,7-10-4)8-11-5/h1H3. The fourth-order valence-corrected chi connectivity index (χ4v) is 0.314. The summed E-state index contributed by atoms with van der Waals surface area (Å²) in [5.74, 6) is -1.72. The highest BCUT2D eigenvalue weighted by atomic mass is 15.4. The van der Waals surface area contributed by atoms with E-state index >= 15 is 0 Å². The molecule has 0 fully saturated rings. The normalized spacial score (nSPS) is 12.8. The topological polar surface area (TPSA) is 146 Å². The van der Waals surface area contributed by atoms with Gasteiger partial charge >= 0.3 is 0 Å². The highest BCUT2D eigenvalue weighted by Gasteiger charge is 2.17. The van der Waals surface area contributed by atoms with Crippen LogP contribution in [0.4, 0.5) is 0 Å². The SMILES string of the molecule is CC(N=[N+]=[N-])(N=[N+]=[N-])N=[N+]=[N-]. The van der Waals surface area contributed by atoms with E-state index in [1.165, 1.54) is 6.92 Å². The van der Waals surface area contributed by atoms with Gasteiger partial charge in [-0.2, -0.15) is 0 Å². The van der Waals surface area contributed by atoms with E-state index in [9.17, 15) is 0 Å². The Balaban J connectivity index is 4.94. The zero-order valence-electron chi connectivity index (χ0n) is 5.52. The third-order valence-corrected chi connectivity index (χ3v) is 0.702. The summed E-state index contributed by atoms with van der Waals surface area (Å²) in [5.41, 5.74) is 23.8. The number of hydrogen-bond acceptors (Lipinski definition) is 3. The van der Waals surface area contributed by atoms with Gasteiger partial charge in [0.1, 0.15) is 0 Å². The van der Waals surface area contributed by atoms with Gasteiger partial charge in [-0.15, -0.1) is 0 Å². The van der Waals surface area contributed by atoms with Crippen molar-refractivity contribution in [1.29, 1.82) is 0 Å². The smallest absolute Gasteiger partial charge is 0.0754 e. The van der Waals surface area contributed by atoms with Crippen LogP contribution in [0.2, 0.25) is 0 Å². The molecule has 0 aromatic carbocycles. The first-order valence-corrected chi connectivity index (χ1v) is 2.37. The molecule has 11 heavy (non-hydrogen) atoms. The Hall–Kier alpha value is -2.07. The summed E-state index contributed by atoms with van der Waals surface area (Å²) in [6.45, 7) is 1.19. The van der Waals surface area contributed by atoms with E-state index in [-0.39, 0.29) is 0 Å². The minimum atomic E-state index is -1.72. The first-order chi connectivity index (χ1) is 5.18. The summed E-state index contributed by atoms with van der Waals surface area (Å²) in [6.07, 6.45) is 0. The van der Waals surface area contributed by atoms with Crippen molar-refractivity contribution in [3.8, 4) is 0 Å². The van der Waals surface area contributed by atoms with Gasteiger partial charge in [0.15, 0.2) is 0 Å². The lowest BCUT2D eigenvalue weighted by atomic mass is 10.5. The van der Waals surface area contributed by atoms with Crippen LogP contribution < -0.4 is 0 Å². The van der Waals surface area contributed by atoms with Crippen LogP contribution in [-0.2, 0) is 0 Å². The molecule has 0 unspecified atom stereocenters. The molecular formula is C2H3N9. The number of hydrogen-bond donors (Lipinski definition) is 0. The Labute approximate surface area is 60.5 Å². The molecule has 0 aliphatic carbocycles. The summed E-state index contributed by atoms with van der Waals surface area (Å²) in [7, 11) is 0. The van der Waals surface area contributed by atoms with Gasteiger partial charge < -0.3 is 0 Å². The van der Waals surface area contributed by atoms with Gasteiger partial charge in [-0.1, -0.05) is 15.3 Å². The maximum Gasteiger partial charge on any atom is 0.201 e. The monoisotopic (exact) mass is 153 g/mol. The third-order valence-electron chi connectivity index (χ3n) is 0.702. The Morgan fingerprint density at radius 3 is 1.36 bits per heavy atom. The Morgan fingerprint density at radius 1 is 0.909 bits per heavy atom. The van der Waals surface area contributed by atoms with E-state index < -0.39 is 5.79 Å². The Kier molecular flexibility index (Phi) is 3.14. The quantitative estimate of drug-likeness (QED) is 0.333. The van der Waals surface area contributed by atoms with Crippen LogP contribution in [0.3, 0.4) is 0 Å². The lowest BCUT2D eigenvalue weighted by molar-refractivity contribution is 0.506. The van der Waals surface area contributed by atoms with Crippen LogP contribution in [0.15, 0.2) is 15.3 Å². The van der Waals surface area contributed by atoms with Gasteiger partial charge in [0.2, 0.25) is 5.79 Å². The average molecular weight is 153 g/mol. The first kappa shape index (κ1) is 8.93. The second-order valence-corrected chi connectivity index (χ2v) is 1.54. The number of rotatable bonds is 3. The van der Waals surface area contributed by atoms with E-state index in [4.69, 9.17) is 16.6 Å². The minimum Gasteiger partial charge on any atom is -0.0754 e. The fraction of sp³-hybridized carbons (Fsp3) is 1.00. The van der Waals surface area contributed by atoms with Crippen molar-refractivity contribution < 1.29 is 0 Å². The van der Waals surface area contributed by atoms with Crippen molar-refractivity contribution in [2.75, 3.05) is 0 Å². The molecule has 0 amide bonds. The van der Waals surface area contributed by atoms with Crippen LogP contribution >= 0.6 is 0 Å². The van der Waals surface area contributed by atoms with Crippen LogP contribution in [0.5, 0.6) is 0 Å². The molecule has 0 spiro atoms. The largest absolute Gasteiger partial charge is 0.201 e. The molecule has 0 atom stereocenters. The molecule has 9 heteroatoms. The van der Waals surface area contributed by atoms with E-state index in [1.807, 2.05) is 0 Å². The summed E-state index contributed by atoms with van der Waals surface area (Å²) < 4.78 is 0. The van der Waals surface area contributed by atoms with Crippen molar-refractivity contribution in [2.24, 2.45) is 15.3 Å². The molecule has 56 valence electrons. The Bertz CT molecular complexity index is 224. The first-order valence-electron chi connectivity index (χ1n) is 2.37. The fourth-order valence-electron chi connectivity index (χ4n) is 0.314. The summed E-state index contributed by atoms with van der Waals surface area (Å²) in [5, 5.41) is 8.93. The molecular weight excluding hydrogens is 150 g/mol. The number of azide groups is 1. The van der Waals surface area contributed by atoms with E-state index in [0.29, 0.717) is 0 Å². The predicted octanol–water partition coefficient (Wildman–Crippen LogP) is 2.59. The molecule has 0 aliphatic rings. The summed E-state index contributed by atoms with van der Waals surface area (Å²) in [4.78, 5) is 7.02. The van der Waals surface area contributed by atoms with Gasteiger partial charge in [-0.25, -0.2) is 0 Å². The second-order valence-electron chi connectivity index (χ2n) is 1.54. The summed E-state index contributed by atoms with van der Waals surface area (Å²) >= 11 is 0. The van der Waals surface area contributed by atoms with Crippen LogP contribution in [0.1, 0.15) is 6.92 Å². The van der Waals surface area contributed by atoms with Gasteiger partial charge in [-0.3, -0.25) is 0 Å². The molecule has 0 aliphatic heterocycles. The lowest BCUT2D eigenvalue weighted by Gasteiger charge is -2.05. The second kappa shape index (κ2) is 3.86. The molecule has 0 radical (unpaired) electrons. The van der Waals surface area contributed by atoms with Crippen molar-refractivity contribution in [2.45, 2.75) is 12.7 Å². The highest BCUT2D eigenvalue weighted by molar-refractivity contribution is 4.78. The number of nitrogens with zero attached hydrogens (tertiary/aromatic N) is 9. The van der Waals surface area contributed by atoms with Crippen molar-refractivity contribution in [3.63, 3.8) is 0 Å². The molecule has 0 saturated heterocycles. The molecule has 0 heterocycles. The molecule has 9 nitrogen and oxygen atoms in total. The van der Waals surface area contributed by atoms with Crippen LogP contribution in [0, 0.1) is 0 Å². The molecule has 0 rings (SSSR count). The highest BCUT2D eigenvalue weighted by Crippen LogP contribution is 2.14. The predicted molar refractivity (Wildman–Crippen MR) is 35.8 cm³/mol. The van der Waals surface area contributed by atoms with Crippen molar-refractivity contribution in [1.82, 2.24) is 0 Å². The minimum absolute atomic E-state index is 1.19. The third kappa shape index (κ3) is 2.83. The van der Waals surface area contributed by atoms with Crippen LogP contribution in [-0.4, -0.2) is 5.79 Å². The maximum atomic E-state index is 7.95. The zero-order chi connectivity index (χ0) is 8.74. The average Bonchev–Trinajstić information content (AvgIpc) is 1.88. The molecule has 0 aromatic rings. The van der Waals surface area contributed by atoms with Gasteiger partial charge in [0.05, 0.1) is 0 Å². The maximum absolute atomic E-state index is 7.95. The van der Waals surface area contributed by atoms with E-state index in [1.54, 1.807) is 0 Å². The molecule has 0 N–H and O–H groups in total. The Morgan fingerprint density at radius 2 is 1.18 bits per heavy atom. The van der Waals surface area contributed by atoms with E-state index in [2.05, 4.69) is 30.1 Å². The van der Waals surface area contributed by atoms with Gasteiger partial charge in [0, 0.05) is 14.7 Å². The molecule has 0 aromatic heterocycles. The van der Waals surface area contributed by atoms with Crippen LogP contribution in [0.25, 0.3) is 31.3 Å². The molecule has 0 bridgehead atoms. The molecule has 0 saturated carbocycles. The van der Waals surface area contributed by atoms with Crippen molar-refractivity contribution in [3.05, 3.63) is 31.3 Å². The zero-order valence-corrected chi connectivity index (χ0v) is 5.52. The van der Waals surface area contributed by atoms with Crippen molar-refractivity contribution >= 4 is 0 Å².